The van der Waals surface area contributed by atoms with Crippen LogP contribution in [0.15, 0.2) is 42.7 Å². The van der Waals surface area contributed by atoms with Crippen LogP contribution in [0.3, 0.4) is 0 Å². The summed E-state index contributed by atoms with van der Waals surface area (Å²) in [5.74, 6) is -0.0369. The normalized spacial score (nSPS) is 13.3. The molecule has 5 heteroatoms. The molecule has 2 aromatic heterocycles. The summed E-state index contributed by atoms with van der Waals surface area (Å²) in [5.41, 5.74) is 4.96. The molecule has 1 aliphatic carbocycles. The molecule has 0 saturated carbocycles. The van der Waals surface area contributed by atoms with Gasteiger partial charge in [0.1, 0.15) is 5.65 Å². The molecule has 1 aromatic carbocycles. The maximum absolute atomic E-state index is 12.5. The van der Waals surface area contributed by atoms with Crippen LogP contribution >= 0.6 is 0 Å². The Morgan fingerprint density at radius 3 is 3.04 bits per heavy atom. The SMILES string of the molecule is Cc1ccn2cc(CNC(=O)c3cccc4c3CCC4=O)nc2c1. The van der Waals surface area contributed by atoms with Crippen molar-refractivity contribution in [3.05, 3.63) is 70.7 Å². The monoisotopic (exact) mass is 319 g/mol. The fourth-order valence-corrected chi connectivity index (χ4v) is 3.19. The zero-order valence-electron chi connectivity index (χ0n) is 13.4. The van der Waals surface area contributed by atoms with E-state index in [2.05, 4.69) is 10.3 Å². The first kappa shape index (κ1) is 14.6. The minimum absolute atomic E-state index is 0.121. The van der Waals surface area contributed by atoms with Crippen molar-refractivity contribution in [3.63, 3.8) is 0 Å². The predicted octanol–water partition coefficient (Wildman–Crippen LogP) is 2.70. The van der Waals surface area contributed by atoms with Crippen LogP contribution in [0.4, 0.5) is 0 Å². The molecular formula is C19H17N3O2. The second kappa shape index (κ2) is 5.60. The molecule has 0 bridgehead atoms. The number of hydrogen-bond donors (Lipinski definition) is 1. The van der Waals surface area contributed by atoms with Gasteiger partial charge in [-0.05, 0) is 42.7 Å². The number of rotatable bonds is 3. The summed E-state index contributed by atoms with van der Waals surface area (Å²) in [6.45, 7) is 2.38. The number of fused-ring (bicyclic) bond motifs is 2. The molecule has 120 valence electrons. The summed E-state index contributed by atoms with van der Waals surface area (Å²) >= 11 is 0. The van der Waals surface area contributed by atoms with Crippen LogP contribution in [0.5, 0.6) is 0 Å². The summed E-state index contributed by atoms with van der Waals surface area (Å²) in [4.78, 5) is 28.8. The van der Waals surface area contributed by atoms with Crippen LogP contribution in [0.1, 0.15) is 44.0 Å². The second-order valence-corrected chi connectivity index (χ2v) is 6.14. The number of aryl methyl sites for hydroxylation is 1. The van der Waals surface area contributed by atoms with Gasteiger partial charge in [0.2, 0.25) is 0 Å². The molecule has 1 aliphatic rings. The van der Waals surface area contributed by atoms with Crippen molar-refractivity contribution < 1.29 is 9.59 Å². The van der Waals surface area contributed by atoms with Gasteiger partial charge >= 0.3 is 0 Å². The van der Waals surface area contributed by atoms with Gasteiger partial charge in [-0.2, -0.15) is 0 Å². The minimum atomic E-state index is -0.158. The van der Waals surface area contributed by atoms with E-state index in [1.807, 2.05) is 35.9 Å². The first-order valence-corrected chi connectivity index (χ1v) is 7.99. The zero-order valence-corrected chi connectivity index (χ0v) is 13.4. The first-order valence-electron chi connectivity index (χ1n) is 7.99. The van der Waals surface area contributed by atoms with Crippen molar-refractivity contribution in [3.8, 4) is 0 Å². The van der Waals surface area contributed by atoms with Crippen molar-refractivity contribution >= 4 is 17.3 Å². The predicted molar refractivity (Wildman–Crippen MR) is 90.2 cm³/mol. The highest BCUT2D eigenvalue weighted by molar-refractivity contribution is 6.05. The number of carbonyl (C=O) groups excluding carboxylic acids is 2. The highest BCUT2D eigenvalue weighted by Crippen LogP contribution is 2.25. The van der Waals surface area contributed by atoms with Crippen LogP contribution in [-0.4, -0.2) is 21.1 Å². The van der Waals surface area contributed by atoms with E-state index in [0.29, 0.717) is 30.5 Å². The summed E-state index contributed by atoms with van der Waals surface area (Å²) in [5, 5.41) is 2.91. The number of nitrogens with one attached hydrogen (secondary N) is 1. The van der Waals surface area contributed by atoms with Gasteiger partial charge in [-0.15, -0.1) is 0 Å². The number of imidazole rings is 1. The third kappa shape index (κ3) is 2.48. The lowest BCUT2D eigenvalue weighted by atomic mass is 10.0. The summed E-state index contributed by atoms with van der Waals surface area (Å²) in [6, 6.07) is 9.36. The average molecular weight is 319 g/mol. The molecule has 4 rings (SSSR count). The van der Waals surface area contributed by atoms with Crippen LogP contribution in [-0.2, 0) is 13.0 Å². The molecule has 0 atom stereocenters. The van der Waals surface area contributed by atoms with Crippen LogP contribution in [0.25, 0.3) is 5.65 Å². The Labute approximate surface area is 139 Å². The maximum atomic E-state index is 12.5. The molecule has 0 spiro atoms. The second-order valence-electron chi connectivity index (χ2n) is 6.14. The van der Waals surface area contributed by atoms with Gasteiger partial charge in [-0.3, -0.25) is 9.59 Å². The largest absolute Gasteiger partial charge is 0.346 e. The topological polar surface area (TPSA) is 63.5 Å². The Bertz CT molecular complexity index is 972. The Hall–Kier alpha value is -2.95. The van der Waals surface area contributed by atoms with Gasteiger partial charge in [0.05, 0.1) is 12.2 Å². The Morgan fingerprint density at radius 2 is 2.17 bits per heavy atom. The van der Waals surface area contributed by atoms with E-state index in [1.54, 1.807) is 18.2 Å². The van der Waals surface area contributed by atoms with Gasteiger partial charge in [-0.25, -0.2) is 4.98 Å². The Morgan fingerprint density at radius 1 is 1.29 bits per heavy atom. The molecule has 0 fully saturated rings. The van der Waals surface area contributed by atoms with Gasteiger partial charge in [-0.1, -0.05) is 12.1 Å². The molecule has 0 unspecified atom stereocenters. The first-order chi connectivity index (χ1) is 11.6. The molecule has 2 heterocycles. The van der Waals surface area contributed by atoms with Crippen molar-refractivity contribution in [2.45, 2.75) is 26.3 Å². The number of carbonyl (C=O) groups is 2. The van der Waals surface area contributed by atoms with Gasteiger partial charge in [0.15, 0.2) is 5.78 Å². The number of Topliss-reactive ketones (excluding diaryl/α,β-unsaturated/α-hetero) is 1. The third-order valence-corrected chi connectivity index (χ3v) is 4.42. The molecule has 5 nitrogen and oxygen atoms in total. The third-order valence-electron chi connectivity index (χ3n) is 4.42. The number of nitrogens with zero attached hydrogens (tertiary/aromatic N) is 2. The van der Waals surface area contributed by atoms with E-state index >= 15 is 0 Å². The summed E-state index contributed by atoms with van der Waals surface area (Å²) < 4.78 is 1.94. The lowest BCUT2D eigenvalue weighted by Crippen LogP contribution is -2.24. The zero-order chi connectivity index (χ0) is 16.7. The molecular weight excluding hydrogens is 302 g/mol. The van der Waals surface area contributed by atoms with E-state index in [-0.39, 0.29) is 11.7 Å². The molecule has 24 heavy (non-hydrogen) atoms. The van der Waals surface area contributed by atoms with Gasteiger partial charge in [0, 0.05) is 29.9 Å². The standard InChI is InChI=1S/C19H17N3O2/c1-12-7-8-22-11-13(21-18(22)9-12)10-20-19(24)16-4-2-3-15-14(16)5-6-17(15)23/h2-4,7-9,11H,5-6,10H2,1H3,(H,20,24). The molecule has 1 amide bonds. The van der Waals surface area contributed by atoms with Gasteiger partial charge < -0.3 is 9.72 Å². The van der Waals surface area contributed by atoms with E-state index in [0.717, 1.165) is 22.5 Å². The van der Waals surface area contributed by atoms with Crippen molar-refractivity contribution in [1.29, 1.82) is 0 Å². The van der Waals surface area contributed by atoms with Crippen molar-refractivity contribution in [2.75, 3.05) is 0 Å². The maximum Gasteiger partial charge on any atom is 0.251 e. The summed E-state index contributed by atoms with van der Waals surface area (Å²) in [7, 11) is 0. The number of amides is 1. The number of hydrogen-bond acceptors (Lipinski definition) is 3. The Kier molecular flexibility index (Phi) is 3.41. The van der Waals surface area contributed by atoms with Crippen molar-refractivity contribution in [1.82, 2.24) is 14.7 Å². The molecule has 1 N–H and O–H groups in total. The smallest absolute Gasteiger partial charge is 0.251 e. The number of benzene rings is 1. The Balaban J connectivity index is 1.53. The highest BCUT2D eigenvalue weighted by atomic mass is 16.1. The number of pyridine rings is 1. The molecule has 3 aromatic rings. The van der Waals surface area contributed by atoms with Crippen LogP contribution in [0, 0.1) is 6.92 Å². The highest BCUT2D eigenvalue weighted by Gasteiger charge is 2.24. The lowest BCUT2D eigenvalue weighted by Gasteiger charge is -2.07. The lowest BCUT2D eigenvalue weighted by molar-refractivity contribution is 0.0948. The quantitative estimate of drug-likeness (QED) is 0.807. The minimum Gasteiger partial charge on any atom is -0.346 e. The van der Waals surface area contributed by atoms with Crippen LogP contribution < -0.4 is 5.32 Å². The van der Waals surface area contributed by atoms with Gasteiger partial charge in [0.25, 0.3) is 5.91 Å². The summed E-state index contributed by atoms with van der Waals surface area (Å²) in [6.07, 6.45) is 5.00. The number of ketones is 1. The average Bonchev–Trinajstić information content (AvgIpc) is 3.15. The molecule has 0 saturated heterocycles. The fraction of sp³-hybridized carbons (Fsp3) is 0.211. The van der Waals surface area contributed by atoms with Crippen molar-refractivity contribution in [2.24, 2.45) is 0 Å². The van der Waals surface area contributed by atoms with E-state index < -0.39 is 0 Å². The molecule has 0 aliphatic heterocycles. The van der Waals surface area contributed by atoms with E-state index in [1.165, 1.54) is 0 Å². The van der Waals surface area contributed by atoms with Crippen LogP contribution in [0.2, 0.25) is 0 Å². The van der Waals surface area contributed by atoms with E-state index in [9.17, 15) is 9.59 Å². The number of aromatic nitrogens is 2. The van der Waals surface area contributed by atoms with E-state index in [4.69, 9.17) is 0 Å². The molecule has 0 radical (unpaired) electrons. The fourth-order valence-electron chi connectivity index (χ4n) is 3.19.